The molecule has 2 bridgehead atoms. The summed E-state index contributed by atoms with van der Waals surface area (Å²) in [5.74, 6) is 0.599. The van der Waals surface area contributed by atoms with Crippen molar-refractivity contribution < 1.29 is 9.53 Å². The van der Waals surface area contributed by atoms with Gasteiger partial charge in [-0.3, -0.25) is 4.90 Å². The molecular weight excluding hydrogens is 320 g/mol. The standard InChI is InChI=1S/C15H19BrN2O2/c1-17-12-3-2-4-13(17)10-18(9-12)15(19)20-14-7-5-11(16)6-8-14/h5-8,12-13H,2-4,9-10H2,1H3. The maximum Gasteiger partial charge on any atom is 0.415 e. The maximum absolute atomic E-state index is 12.3. The van der Waals surface area contributed by atoms with E-state index in [1.165, 1.54) is 19.3 Å². The van der Waals surface area contributed by atoms with Crippen molar-refractivity contribution in [2.75, 3.05) is 20.1 Å². The molecule has 0 aromatic heterocycles. The van der Waals surface area contributed by atoms with Gasteiger partial charge in [0.15, 0.2) is 0 Å². The van der Waals surface area contributed by atoms with Gasteiger partial charge in [0.05, 0.1) is 0 Å². The average Bonchev–Trinajstić information content (AvgIpc) is 2.41. The summed E-state index contributed by atoms with van der Waals surface area (Å²) in [6.45, 7) is 1.56. The Morgan fingerprint density at radius 1 is 1.20 bits per heavy atom. The third-order valence-electron chi connectivity index (χ3n) is 4.37. The van der Waals surface area contributed by atoms with E-state index in [0.717, 1.165) is 17.6 Å². The fourth-order valence-corrected chi connectivity index (χ4v) is 3.40. The molecule has 0 N–H and O–H groups in total. The summed E-state index contributed by atoms with van der Waals surface area (Å²) in [7, 11) is 2.17. The number of nitrogens with zero attached hydrogens (tertiary/aromatic N) is 2. The first-order valence-electron chi connectivity index (χ1n) is 7.08. The normalized spacial score (nSPS) is 26.4. The van der Waals surface area contributed by atoms with Crippen LogP contribution in [-0.4, -0.2) is 48.1 Å². The molecule has 20 heavy (non-hydrogen) atoms. The molecule has 4 nitrogen and oxygen atoms in total. The van der Waals surface area contributed by atoms with E-state index < -0.39 is 0 Å². The van der Waals surface area contributed by atoms with Gasteiger partial charge >= 0.3 is 6.09 Å². The fraction of sp³-hybridized carbons (Fsp3) is 0.533. The molecule has 1 aromatic carbocycles. The highest BCUT2D eigenvalue weighted by molar-refractivity contribution is 9.10. The first-order valence-corrected chi connectivity index (χ1v) is 7.87. The molecule has 0 aliphatic carbocycles. The van der Waals surface area contributed by atoms with Crippen LogP contribution in [0.3, 0.4) is 0 Å². The van der Waals surface area contributed by atoms with E-state index in [4.69, 9.17) is 4.74 Å². The van der Waals surface area contributed by atoms with Crippen LogP contribution in [-0.2, 0) is 0 Å². The summed E-state index contributed by atoms with van der Waals surface area (Å²) in [6, 6.07) is 8.33. The van der Waals surface area contributed by atoms with Crippen LogP contribution >= 0.6 is 15.9 Å². The van der Waals surface area contributed by atoms with Crippen LogP contribution < -0.4 is 4.74 Å². The fourth-order valence-electron chi connectivity index (χ4n) is 3.14. The molecule has 2 fully saturated rings. The highest BCUT2D eigenvalue weighted by Gasteiger charge is 2.37. The predicted octanol–water partition coefficient (Wildman–Crippen LogP) is 3.12. The van der Waals surface area contributed by atoms with E-state index >= 15 is 0 Å². The molecule has 2 saturated heterocycles. The first-order chi connectivity index (χ1) is 9.63. The topological polar surface area (TPSA) is 32.8 Å². The first kappa shape index (κ1) is 13.9. The van der Waals surface area contributed by atoms with Crippen molar-refractivity contribution in [3.63, 3.8) is 0 Å². The monoisotopic (exact) mass is 338 g/mol. The minimum Gasteiger partial charge on any atom is -0.410 e. The molecule has 2 aliphatic rings. The predicted molar refractivity (Wildman–Crippen MR) is 80.9 cm³/mol. The van der Waals surface area contributed by atoms with Crippen molar-refractivity contribution >= 4 is 22.0 Å². The molecule has 2 aliphatic heterocycles. The van der Waals surface area contributed by atoms with Crippen LogP contribution in [0.4, 0.5) is 4.79 Å². The summed E-state index contributed by atoms with van der Waals surface area (Å²) in [5, 5.41) is 0. The van der Waals surface area contributed by atoms with Gasteiger partial charge in [0.25, 0.3) is 0 Å². The maximum atomic E-state index is 12.3. The van der Waals surface area contributed by atoms with Crippen LogP contribution in [0.2, 0.25) is 0 Å². The lowest BCUT2D eigenvalue weighted by Gasteiger charge is -2.47. The van der Waals surface area contributed by atoms with Crippen molar-refractivity contribution in [1.82, 2.24) is 9.80 Å². The van der Waals surface area contributed by atoms with E-state index in [1.807, 2.05) is 17.0 Å². The Balaban J connectivity index is 1.64. The molecule has 2 atom stereocenters. The minimum absolute atomic E-state index is 0.225. The lowest BCUT2D eigenvalue weighted by molar-refractivity contribution is 0.0168. The van der Waals surface area contributed by atoms with Gasteiger partial charge in [0, 0.05) is 29.6 Å². The quantitative estimate of drug-likeness (QED) is 0.788. The van der Waals surface area contributed by atoms with Gasteiger partial charge in [-0.05, 0) is 44.2 Å². The number of rotatable bonds is 1. The molecule has 1 aromatic rings. The largest absolute Gasteiger partial charge is 0.415 e. The molecule has 0 spiro atoms. The summed E-state index contributed by atoms with van der Waals surface area (Å²) in [6.07, 6.45) is 3.40. The Labute approximate surface area is 127 Å². The Kier molecular flexibility index (Phi) is 3.98. The van der Waals surface area contributed by atoms with Crippen molar-refractivity contribution in [2.24, 2.45) is 0 Å². The third-order valence-corrected chi connectivity index (χ3v) is 4.89. The van der Waals surface area contributed by atoms with Crippen molar-refractivity contribution in [2.45, 2.75) is 31.3 Å². The zero-order chi connectivity index (χ0) is 14.1. The number of piperidine rings is 1. The van der Waals surface area contributed by atoms with Gasteiger partial charge < -0.3 is 9.64 Å². The Morgan fingerprint density at radius 3 is 2.40 bits per heavy atom. The summed E-state index contributed by atoms with van der Waals surface area (Å²) in [5.41, 5.74) is 0. The molecule has 2 unspecified atom stereocenters. The molecule has 3 rings (SSSR count). The van der Waals surface area contributed by atoms with Gasteiger partial charge in [-0.2, -0.15) is 0 Å². The van der Waals surface area contributed by atoms with Gasteiger partial charge in [0.2, 0.25) is 0 Å². The number of fused-ring (bicyclic) bond motifs is 2. The van der Waals surface area contributed by atoms with Crippen molar-refractivity contribution in [3.8, 4) is 5.75 Å². The molecule has 5 heteroatoms. The number of likely N-dealkylation sites (N-methyl/N-ethyl adjacent to an activating group) is 1. The lowest BCUT2D eigenvalue weighted by Crippen LogP contribution is -2.60. The zero-order valence-corrected chi connectivity index (χ0v) is 13.2. The second-order valence-electron chi connectivity index (χ2n) is 5.63. The number of benzene rings is 1. The number of halogens is 1. The Bertz CT molecular complexity index is 477. The third kappa shape index (κ3) is 2.83. The van der Waals surface area contributed by atoms with E-state index in [2.05, 4.69) is 27.9 Å². The second-order valence-corrected chi connectivity index (χ2v) is 6.55. The van der Waals surface area contributed by atoms with Crippen LogP contribution in [0.25, 0.3) is 0 Å². The zero-order valence-electron chi connectivity index (χ0n) is 11.6. The summed E-state index contributed by atoms with van der Waals surface area (Å²) in [4.78, 5) is 16.5. The number of carbonyl (C=O) groups is 1. The van der Waals surface area contributed by atoms with Gasteiger partial charge in [0.1, 0.15) is 5.75 Å². The van der Waals surface area contributed by atoms with Crippen molar-refractivity contribution in [3.05, 3.63) is 28.7 Å². The van der Waals surface area contributed by atoms with Crippen LogP contribution in [0.1, 0.15) is 19.3 Å². The number of hydrogen-bond donors (Lipinski definition) is 0. The number of likely N-dealkylation sites (tertiary alicyclic amines) is 1. The highest BCUT2D eigenvalue weighted by atomic mass is 79.9. The number of hydrogen-bond acceptors (Lipinski definition) is 3. The number of piperazine rings is 1. The second kappa shape index (κ2) is 5.74. The van der Waals surface area contributed by atoms with Crippen LogP contribution in [0, 0.1) is 0 Å². The molecule has 0 radical (unpaired) electrons. The molecule has 0 saturated carbocycles. The highest BCUT2D eigenvalue weighted by Crippen LogP contribution is 2.27. The number of carbonyl (C=O) groups excluding carboxylic acids is 1. The smallest absolute Gasteiger partial charge is 0.410 e. The van der Waals surface area contributed by atoms with Gasteiger partial charge in [-0.15, -0.1) is 0 Å². The number of ether oxygens (including phenoxy) is 1. The molecule has 1 amide bonds. The molecule has 108 valence electrons. The van der Waals surface area contributed by atoms with Crippen molar-refractivity contribution in [1.29, 1.82) is 0 Å². The molecule has 2 heterocycles. The van der Waals surface area contributed by atoms with E-state index in [1.54, 1.807) is 12.1 Å². The molecular formula is C15H19BrN2O2. The van der Waals surface area contributed by atoms with Crippen LogP contribution in [0.5, 0.6) is 5.75 Å². The summed E-state index contributed by atoms with van der Waals surface area (Å²) >= 11 is 3.37. The van der Waals surface area contributed by atoms with E-state index in [-0.39, 0.29) is 6.09 Å². The van der Waals surface area contributed by atoms with E-state index in [0.29, 0.717) is 17.8 Å². The Hall–Kier alpha value is -1.07. The Morgan fingerprint density at radius 2 is 1.80 bits per heavy atom. The summed E-state index contributed by atoms with van der Waals surface area (Å²) < 4.78 is 6.44. The lowest BCUT2D eigenvalue weighted by atomic mass is 9.92. The average molecular weight is 339 g/mol. The van der Waals surface area contributed by atoms with Crippen LogP contribution in [0.15, 0.2) is 28.7 Å². The van der Waals surface area contributed by atoms with Gasteiger partial charge in [-0.25, -0.2) is 4.79 Å². The van der Waals surface area contributed by atoms with E-state index in [9.17, 15) is 4.79 Å². The minimum atomic E-state index is -0.225. The van der Waals surface area contributed by atoms with Gasteiger partial charge in [-0.1, -0.05) is 22.4 Å². The number of amides is 1. The SMILES string of the molecule is CN1C2CCCC1CN(C(=O)Oc1ccc(Br)cc1)C2.